The molecule has 392 valence electrons. The first-order valence-corrected chi connectivity index (χ1v) is 27.9. The molecule has 2 saturated heterocycles. The summed E-state index contributed by atoms with van der Waals surface area (Å²) in [5.74, 6) is 1.29. The Morgan fingerprint density at radius 1 is 0.536 bits per heavy atom. The molecule has 10 rings (SSSR count). The summed E-state index contributed by atoms with van der Waals surface area (Å²) < 4.78 is 29.5. The van der Waals surface area contributed by atoms with E-state index in [4.69, 9.17) is 23.7 Å². The largest absolute Gasteiger partial charge is 0.456 e. The van der Waals surface area contributed by atoms with Gasteiger partial charge in [-0.15, -0.1) is 0 Å². The first-order chi connectivity index (χ1) is 32.4. The highest BCUT2D eigenvalue weighted by Gasteiger charge is 2.68. The highest BCUT2D eigenvalue weighted by molar-refractivity contribution is 5.78. The maximum absolute atomic E-state index is 14.1. The summed E-state index contributed by atoms with van der Waals surface area (Å²) in [4.78, 5) is 39.7. The van der Waals surface area contributed by atoms with Crippen molar-refractivity contribution in [1.82, 2.24) is 0 Å². The molecule has 8 aliphatic carbocycles. The van der Waals surface area contributed by atoms with Gasteiger partial charge in [0.1, 0.15) is 24.4 Å². The summed E-state index contributed by atoms with van der Waals surface area (Å²) in [6.45, 7) is 21.3. The van der Waals surface area contributed by atoms with Crippen molar-refractivity contribution in [3.8, 4) is 0 Å². The third-order valence-electron chi connectivity index (χ3n) is 23.4. The van der Waals surface area contributed by atoms with E-state index in [1.807, 2.05) is 6.92 Å². The van der Waals surface area contributed by atoms with Crippen LogP contribution in [0.1, 0.15) is 204 Å². The minimum atomic E-state index is -1.56. The van der Waals surface area contributed by atoms with Crippen molar-refractivity contribution >= 4 is 17.9 Å². The molecule has 0 aromatic carbocycles. The van der Waals surface area contributed by atoms with Crippen molar-refractivity contribution in [2.24, 2.45) is 78.8 Å². The van der Waals surface area contributed by atoms with Crippen LogP contribution in [0.25, 0.3) is 0 Å². The normalized spacial score (nSPS) is 54.0. The summed E-state index contributed by atoms with van der Waals surface area (Å²) in [5.41, 5.74) is 1.03. The van der Waals surface area contributed by atoms with Crippen molar-refractivity contribution in [3.63, 3.8) is 0 Å². The van der Waals surface area contributed by atoms with Crippen LogP contribution in [0.3, 0.4) is 0 Å². The van der Waals surface area contributed by atoms with Crippen molar-refractivity contribution in [3.05, 3.63) is 0 Å². The lowest BCUT2D eigenvalue weighted by Crippen LogP contribution is -2.62. The Morgan fingerprint density at radius 3 is 1.46 bits per heavy atom. The molecule has 10 aliphatic rings. The van der Waals surface area contributed by atoms with Crippen LogP contribution in [0.15, 0.2) is 0 Å². The van der Waals surface area contributed by atoms with E-state index in [0.717, 1.165) is 57.3 Å². The zero-order chi connectivity index (χ0) is 49.9. The van der Waals surface area contributed by atoms with E-state index in [0.29, 0.717) is 33.5 Å². The summed E-state index contributed by atoms with van der Waals surface area (Å²) in [5, 5.41) is 40.0. The number of hydrogen-bond donors (Lipinski definition) is 4. The van der Waals surface area contributed by atoms with E-state index in [-0.39, 0.29) is 46.6 Å². The van der Waals surface area contributed by atoms with Crippen molar-refractivity contribution in [2.75, 3.05) is 6.61 Å². The second-order valence-corrected chi connectivity index (χ2v) is 27.4. The molecule has 14 unspecified atom stereocenters. The zero-order valence-electron chi connectivity index (χ0n) is 44.2. The van der Waals surface area contributed by atoms with Gasteiger partial charge >= 0.3 is 17.9 Å². The van der Waals surface area contributed by atoms with E-state index < -0.39 is 66.5 Å². The van der Waals surface area contributed by atoms with Crippen LogP contribution in [0, 0.1) is 78.8 Å². The average molecular weight is 969 g/mol. The van der Waals surface area contributed by atoms with Crippen LogP contribution < -0.4 is 0 Å². The number of rotatable bonds is 7. The predicted molar refractivity (Wildman–Crippen MR) is 259 cm³/mol. The van der Waals surface area contributed by atoms with Gasteiger partial charge in [0.25, 0.3) is 0 Å². The molecule has 0 radical (unpaired) electrons. The fraction of sp³-hybridized carbons (Fsp3) is 0.947. The van der Waals surface area contributed by atoms with Crippen LogP contribution in [0.2, 0.25) is 0 Å². The molecule has 2 heterocycles. The van der Waals surface area contributed by atoms with Gasteiger partial charge < -0.3 is 44.1 Å². The summed E-state index contributed by atoms with van der Waals surface area (Å²) in [7, 11) is 0. The van der Waals surface area contributed by atoms with Crippen LogP contribution in [0.4, 0.5) is 0 Å². The van der Waals surface area contributed by atoms with Crippen molar-refractivity contribution in [2.45, 2.75) is 253 Å². The molecule has 4 N–H and O–H groups in total. The molecular formula is C57H92O12. The van der Waals surface area contributed by atoms with Gasteiger partial charge in [-0.1, -0.05) is 61.3 Å². The highest BCUT2D eigenvalue weighted by Crippen LogP contribution is 2.75. The molecule has 22 atom stereocenters. The third-order valence-corrected chi connectivity index (χ3v) is 23.4. The Labute approximate surface area is 413 Å². The predicted octanol–water partition coefficient (Wildman–Crippen LogP) is 9.58. The van der Waals surface area contributed by atoms with Crippen LogP contribution in [-0.4, -0.2) is 94.1 Å². The Bertz CT molecular complexity index is 1940. The van der Waals surface area contributed by atoms with Crippen LogP contribution in [0.5, 0.6) is 0 Å². The van der Waals surface area contributed by atoms with Gasteiger partial charge in [0.15, 0.2) is 6.10 Å². The molecule has 10 fully saturated rings. The first-order valence-electron chi connectivity index (χ1n) is 27.9. The molecule has 12 heteroatoms. The van der Waals surface area contributed by atoms with Gasteiger partial charge in [-0.3, -0.25) is 14.4 Å². The molecule has 0 amide bonds. The number of carbonyl (C=O) groups excluding carboxylic acids is 3. The highest BCUT2D eigenvalue weighted by atomic mass is 16.7. The molecule has 2 spiro atoms. The van der Waals surface area contributed by atoms with Gasteiger partial charge in [0, 0.05) is 12.8 Å². The molecule has 0 aromatic rings. The van der Waals surface area contributed by atoms with E-state index in [9.17, 15) is 34.8 Å². The van der Waals surface area contributed by atoms with Gasteiger partial charge in [-0.2, -0.15) is 0 Å². The maximum atomic E-state index is 14.1. The number of fused-ring (bicyclic) bond motifs is 6. The molecule has 8 saturated carbocycles. The van der Waals surface area contributed by atoms with Gasteiger partial charge in [0.05, 0.1) is 23.5 Å². The second kappa shape index (κ2) is 18.2. The summed E-state index contributed by atoms with van der Waals surface area (Å²) in [6, 6.07) is 0. The Balaban J connectivity index is 0.000000172. The molecule has 69 heavy (non-hydrogen) atoms. The average Bonchev–Trinajstić information content (AvgIpc) is 3.70. The fourth-order valence-corrected chi connectivity index (χ4v) is 19.7. The van der Waals surface area contributed by atoms with E-state index in [2.05, 4.69) is 55.4 Å². The summed E-state index contributed by atoms with van der Waals surface area (Å²) >= 11 is 0. The number of ether oxygens (including phenoxy) is 5. The minimum absolute atomic E-state index is 0.0116. The number of aliphatic hydroxyl groups excluding tert-OH is 4. The Hall–Kier alpha value is -1.83. The van der Waals surface area contributed by atoms with Crippen LogP contribution in [-0.2, 0) is 38.1 Å². The standard InChI is InChI=1S/C31H50O5.C26H42O7/c1-8-22-19(2)20(3)25(34-21(4)32)26(35-22)36-27(33)30(7)13-9-12-29(6)23(30)11-15-31-17-16-28(5,18-31)14-10-24(29)31;1-23-9-5-17-24(2)7-4-8-25(3,16(24)6-10-26(17,14-23)12-11-23)22(31)33-21-20(30)19(29)18(28)15(13-27)32-21/h19-20,22-26H,8-18H2,1-7H3;15-21,27-30H,4-14H2,1-3H3/t19?,20?,22?,23?,24?,25?,26?,28-,29-,30-,31+;15?,16?,17?,18?,19?,20?,21?,23-,24-,25-,26+/m11/s1. The number of carbonyl (C=O) groups is 3. The SMILES string of the molecule is CCC1OC(OC(=O)[C@]2(C)CCC[C@@]3(C)C4CC[C@]5(C)CC[C@@]4(CCC32)C5)C(OC(C)=O)C(C)C1C.C[C@@]12CCC3[C@@](CCC4[C@@]3(C)CCC[C@@]4(C)C(=O)OC3OC(CO)C(O)C(O)C3O)(CC1)C2. The van der Waals surface area contributed by atoms with E-state index in [1.54, 1.807) is 0 Å². The van der Waals surface area contributed by atoms with Crippen molar-refractivity contribution in [1.29, 1.82) is 0 Å². The molecule has 2 aliphatic heterocycles. The molecule has 0 aromatic heterocycles. The van der Waals surface area contributed by atoms with Gasteiger partial charge in [-0.05, 0) is 198 Å². The van der Waals surface area contributed by atoms with E-state index >= 15 is 0 Å². The zero-order valence-corrected chi connectivity index (χ0v) is 44.2. The summed E-state index contributed by atoms with van der Waals surface area (Å²) in [6.07, 6.45) is 16.3. The number of hydrogen-bond acceptors (Lipinski definition) is 12. The van der Waals surface area contributed by atoms with Crippen LogP contribution >= 0.6 is 0 Å². The number of esters is 3. The van der Waals surface area contributed by atoms with E-state index in [1.165, 1.54) is 90.4 Å². The molecule has 4 bridgehead atoms. The number of aliphatic hydroxyl groups is 4. The lowest BCUT2D eigenvalue weighted by atomic mass is 9.40. The van der Waals surface area contributed by atoms with Gasteiger partial charge in [0.2, 0.25) is 12.6 Å². The lowest BCUT2D eigenvalue weighted by Gasteiger charge is -2.64. The maximum Gasteiger partial charge on any atom is 0.314 e. The fourth-order valence-electron chi connectivity index (χ4n) is 19.7. The smallest absolute Gasteiger partial charge is 0.314 e. The first kappa shape index (κ1) is 52.0. The van der Waals surface area contributed by atoms with Gasteiger partial charge in [-0.25, -0.2) is 0 Å². The monoisotopic (exact) mass is 969 g/mol. The Kier molecular flexibility index (Phi) is 13.7. The third kappa shape index (κ3) is 8.39. The second-order valence-electron chi connectivity index (χ2n) is 27.4. The van der Waals surface area contributed by atoms with Crippen molar-refractivity contribution < 1.29 is 58.5 Å². The lowest BCUT2D eigenvalue weighted by molar-refractivity contribution is -0.298. The molecular weight excluding hydrogens is 877 g/mol. The molecule has 12 nitrogen and oxygen atoms in total. The quantitative estimate of drug-likeness (QED) is 0.141. The topological polar surface area (TPSA) is 178 Å². The minimum Gasteiger partial charge on any atom is -0.456 e. The Morgan fingerprint density at radius 2 is 1.00 bits per heavy atom.